The van der Waals surface area contributed by atoms with Crippen LogP contribution in [0.25, 0.3) is 0 Å². The van der Waals surface area contributed by atoms with Gasteiger partial charge in [-0.05, 0) is 0 Å². The fraction of sp³-hybridized carbons (Fsp3) is 0.500. The first-order valence-electron chi connectivity index (χ1n) is 3.40. The maximum Gasteiger partial charge on any atom is 3.00 e. The number of hydrogen-bond donors (Lipinski definition) is 0. The molecule has 0 radical (unpaired) electrons. The molecule has 0 unspecified atom stereocenters. The van der Waals surface area contributed by atoms with Crippen molar-refractivity contribution in [1.82, 2.24) is 0 Å². The molecule has 0 aliphatic carbocycles. The second-order valence-electron chi connectivity index (χ2n) is 1.86. The number of alkyl halides is 6. The maximum absolute atomic E-state index is 9.32. The van der Waals surface area contributed by atoms with Gasteiger partial charge in [0.05, 0.1) is 17.9 Å². The Hall–Kier alpha value is 1.02. The van der Waals surface area contributed by atoms with Crippen molar-refractivity contribution in [2.24, 2.45) is 0 Å². The van der Waals surface area contributed by atoms with Crippen molar-refractivity contribution in [2.75, 3.05) is 0 Å². The average molecular weight is 499 g/mol. The Morgan fingerprint density at radius 3 is 0.632 bits per heavy atom. The molecule has 6 nitrogen and oxygen atoms in total. The van der Waals surface area contributed by atoms with Gasteiger partial charge >= 0.3 is 25.8 Å². The minimum Gasteiger partial charge on any atom is -0.547 e. The molecule has 0 aromatic carbocycles. The zero-order valence-corrected chi connectivity index (χ0v) is 16.4. The van der Waals surface area contributed by atoms with Crippen LogP contribution in [0.5, 0.6) is 0 Å². The van der Waals surface area contributed by atoms with E-state index in [0.717, 1.165) is 0 Å². The van der Waals surface area contributed by atoms with E-state index in [1.54, 1.807) is 0 Å². The molecule has 0 rings (SSSR count). The second-order valence-corrected chi connectivity index (χ2v) is 5.15. The van der Waals surface area contributed by atoms with Gasteiger partial charge in [0.25, 0.3) is 0 Å². The predicted molar refractivity (Wildman–Crippen MR) is 67.3 cm³/mol. The minimum absolute atomic E-state index is 0. The molecule has 0 atom stereocenters. The molecule has 0 saturated heterocycles. The fourth-order valence-electron chi connectivity index (χ4n) is 0. The zero-order chi connectivity index (χ0) is 15.5. The van der Waals surface area contributed by atoms with Gasteiger partial charge < -0.3 is 29.7 Å². The third kappa shape index (κ3) is 32.5. The molecule has 0 spiro atoms. The van der Waals surface area contributed by atoms with Gasteiger partial charge in [0.1, 0.15) is 14.5 Å². The van der Waals surface area contributed by atoms with Crippen molar-refractivity contribution in [3.05, 3.63) is 0 Å². The van der Waals surface area contributed by atoms with E-state index in [1.165, 1.54) is 0 Å². The van der Waals surface area contributed by atoms with Crippen molar-refractivity contribution < 1.29 is 29.7 Å². The van der Waals surface area contributed by atoms with Crippen molar-refractivity contribution in [3.8, 4) is 0 Å². The van der Waals surface area contributed by atoms with Crippen molar-refractivity contribution in [3.63, 3.8) is 0 Å². The fourth-order valence-corrected chi connectivity index (χ4v) is 0. The van der Waals surface area contributed by atoms with Gasteiger partial charge in [0, 0.05) is 0 Å². The molecule has 0 aromatic rings. The summed E-state index contributed by atoms with van der Waals surface area (Å²) in [6, 6.07) is 0. The van der Waals surface area contributed by atoms with E-state index in [-0.39, 0.29) is 25.8 Å². The molecule has 108 valence electrons. The summed E-state index contributed by atoms with van der Waals surface area (Å²) >= 11 is 28.3. The van der Waals surface area contributed by atoms with E-state index in [1.807, 2.05) is 0 Å². The van der Waals surface area contributed by atoms with Crippen molar-refractivity contribution in [2.45, 2.75) is 14.5 Å². The van der Waals surface area contributed by atoms with Crippen LogP contribution in [0.15, 0.2) is 0 Å². The largest absolute Gasteiger partial charge is 3.00 e. The molecule has 0 amide bonds. The summed E-state index contributed by atoms with van der Waals surface area (Å²) in [5.74, 6) is -4.38. The van der Waals surface area contributed by atoms with Crippen molar-refractivity contribution >= 4 is 113 Å². The molecular weight excluding hydrogens is 496 g/mol. The molecule has 0 bridgehead atoms. The molecule has 0 saturated carbocycles. The van der Waals surface area contributed by atoms with Gasteiger partial charge in [-0.25, -0.2) is 0 Å². The van der Waals surface area contributed by atoms with E-state index in [0.29, 0.717) is 0 Å². The van der Waals surface area contributed by atoms with E-state index in [9.17, 15) is 29.7 Å². The summed E-state index contributed by atoms with van der Waals surface area (Å²) in [7, 11) is 0. The standard InChI is InChI=1S/3C2H2Cl2O2.In/c3*3-1(4)2(5)6;/h3*1H,(H,5,6);/q;;;+3/p-3. The van der Waals surface area contributed by atoms with Gasteiger partial charge in [0.15, 0.2) is 0 Å². The van der Waals surface area contributed by atoms with Crippen LogP contribution in [0.1, 0.15) is 0 Å². The van der Waals surface area contributed by atoms with Crippen LogP contribution in [0.2, 0.25) is 0 Å². The number of aliphatic carboxylic acids is 3. The van der Waals surface area contributed by atoms with Crippen LogP contribution in [0.4, 0.5) is 0 Å². The first kappa shape index (κ1) is 28.2. The molecule has 0 heterocycles. The smallest absolute Gasteiger partial charge is 0.547 e. The molecule has 13 heteroatoms. The second kappa shape index (κ2) is 17.1. The third-order valence-electron chi connectivity index (χ3n) is 0.535. The Kier molecular flexibility index (Phi) is 25.4. The van der Waals surface area contributed by atoms with Crippen LogP contribution in [0.3, 0.4) is 0 Å². The zero-order valence-electron chi connectivity index (χ0n) is 8.53. The van der Waals surface area contributed by atoms with Gasteiger partial charge in [0.2, 0.25) is 0 Å². The SMILES string of the molecule is O=C([O-])C(Cl)Cl.O=C([O-])C(Cl)Cl.O=C([O-])C(Cl)Cl.[In+3]. The van der Waals surface area contributed by atoms with Crippen LogP contribution < -0.4 is 15.3 Å². The normalized spacial score (nSPS) is 8.68. The van der Waals surface area contributed by atoms with Crippen LogP contribution in [-0.4, -0.2) is 58.3 Å². The van der Waals surface area contributed by atoms with Gasteiger partial charge in [-0.15, -0.1) is 0 Å². The summed E-state index contributed by atoms with van der Waals surface area (Å²) in [5, 5.41) is 28.0. The van der Waals surface area contributed by atoms with Gasteiger partial charge in [-0.3, -0.25) is 0 Å². The number of halogens is 6. The molecule has 0 aliphatic heterocycles. The molecule has 0 fully saturated rings. The monoisotopic (exact) mass is 496 g/mol. The van der Waals surface area contributed by atoms with E-state index >= 15 is 0 Å². The minimum atomic E-state index is -1.46. The maximum atomic E-state index is 9.32. The Bertz CT molecular complexity index is 230. The van der Waals surface area contributed by atoms with Crippen LogP contribution in [0, 0.1) is 0 Å². The number of carboxylic acids is 3. The first-order chi connectivity index (χ1) is 7.93. The van der Waals surface area contributed by atoms with Gasteiger partial charge in [-0.2, -0.15) is 0 Å². The molecule has 0 aliphatic rings. The van der Waals surface area contributed by atoms with Crippen LogP contribution >= 0.6 is 69.6 Å². The van der Waals surface area contributed by atoms with Crippen molar-refractivity contribution in [1.29, 1.82) is 0 Å². The molecular formula is C6H3Cl6InO6. The van der Waals surface area contributed by atoms with E-state index < -0.39 is 32.4 Å². The quantitative estimate of drug-likeness (QED) is 0.425. The number of carboxylic acid groups (broad SMARTS) is 3. The Morgan fingerprint density at radius 1 is 0.579 bits per heavy atom. The number of carbonyl (C=O) groups is 3. The Morgan fingerprint density at radius 2 is 0.632 bits per heavy atom. The number of hydrogen-bond acceptors (Lipinski definition) is 6. The molecule has 0 N–H and O–H groups in total. The third-order valence-corrected chi connectivity index (χ3v) is 1.60. The van der Waals surface area contributed by atoms with Gasteiger partial charge in [-0.1, -0.05) is 69.6 Å². The molecule has 0 aromatic heterocycles. The Labute approximate surface area is 156 Å². The van der Waals surface area contributed by atoms with E-state index in [4.69, 9.17) is 69.6 Å². The summed E-state index contributed by atoms with van der Waals surface area (Å²) in [6.07, 6.45) is 0. The average Bonchev–Trinajstić information content (AvgIpc) is 2.18. The summed E-state index contributed by atoms with van der Waals surface area (Å²) in [5.41, 5.74) is 0. The number of carbonyl (C=O) groups excluding carboxylic acids is 3. The summed E-state index contributed by atoms with van der Waals surface area (Å²) in [4.78, 5) is 23.8. The van der Waals surface area contributed by atoms with Crippen LogP contribution in [-0.2, 0) is 14.4 Å². The van der Waals surface area contributed by atoms with E-state index in [2.05, 4.69) is 0 Å². The number of rotatable bonds is 3. The topological polar surface area (TPSA) is 120 Å². The predicted octanol–water partition coefficient (Wildman–Crippen LogP) is -1.76. The summed E-state index contributed by atoms with van der Waals surface area (Å²) < 4.78 is 0. The summed E-state index contributed by atoms with van der Waals surface area (Å²) in [6.45, 7) is 0. The Balaban J connectivity index is -0.0000000865. The first-order valence-corrected chi connectivity index (χ1v) is 6.02. The molecule has 19 heavy (non-hydrogen) atoms.